The number of hydrogen-bond donors (Lipinski definition) is 1. The van der Waals surface area contributed by atoms with Crippen LogP contribution in [0.5, 0.6) is 5.75 Å². The van der Waals surface area contributed by atoms with E-state index in [1.807, 2.05) is 0 Å². The van der Waals surface area contributed by atoms with E-state index in [1.165, 1.54) is 36.0 Å². The van der Waals surface area contributed by atoms with Gasteiger partial charge in [0.1, 0.15) is 5.75 Å². The highest BCUT2D eigenvalue weighted by molar-refractivity contribution is 5.43. The molecule has 0 bridgehead atoms. The summed E-state index contributed by atoms with van der Waals surface area (Å²) in [5, 5.41) is 3.61. The van der Waals surface area contributed by atoms with Crippen molar-refractivity contribution in [2.45, 2.75) is 45.6 Å². The minimum Gasteiger partial charge on any atom is -0.496 e. The lowest BCUT2D eigenvalue weighted by atomic mass is 9.93. The molecule has 94 valence electrons. The molecule has 1 saturated heterocycles. The van der Waals surface area contributed by atoms with Gasteiger partial charge in [-0.2, -0.15) is 0 Å². The topological polar surface area (TPSA) is 21.3 Å². The Bertz CT molecular complexity index is 381. The van der Waals surface area contributed by atoms with Crippen molar-refractivity contribution < 1.29 is 4.74 Å². The van der Waals surface area contributed by atoms with Gasteiger partial charge in [-0.15, -0.1) is 0 Å². The van der Waals surface area contributed by atoms with Crippen molar-refractivity contribution >= 4 is 0 Å². The van der Waals surface area contributed by atoms with Crippen LogP contribution in [-0.2, 0) is 6.42 Å². The van der Waals surface area contributed by atoms with Gasteiger partial charge in [0.2, 0.25) is 0 Å². The quantitative estimate of drug-likeness (QED) is 0.866. The number of piperidine rings is 1. The molecule has 1 aromatic rings. The molecule has 1 unspecified atom stereocenters. The van der Waals surface area contributed by atoms with Crippen LogP contribution >= 0.6 is 0 Å². The number of rotatable bonds is 3. The van der Waals surface area contributed by atoms with Gasteiger partial charge in [0.25, 0.3) is 0 Å². The van der Waals surface area contributed by atoms with Crippen LogP contribution in [0.2, 0.25) is 0 Å². The maximum Gasteiger partial charge on any atom is 0.122 e. The fourth-order valence-corrected chi connectivity index (χ4v) is 2.75. The standard InChI is InChI=1S/C15H23NO/c1-11-8-12(2)14(15(9-11)17-3)10-13-6-4-5-7-16-13/h8-9,13,16H,4-7,10H2,1-3H3. The van der Waals surface area contributed by atoms with E-state index < -0.39 is 0 Å². The summed E-state index contributed by atoms with van der Waals surface area (Å²) in [6.45, 7) is 5.48. The molecule has 0 radical (unpaired) electrons. The number of hydrogen-bond acceptors (Lipinski definition) is 2. The fraction of sp³-hybridized carbons (Fsp3) is 0.600. The van der Waals surface area contributed by atoms with Gasteiger partial charge in [0.05, 0.1) is 7.11 Å². The van der Waals surface area contributed by atoms with Gasteiger partial charge < -0.3 is 10.1 Å². The number of methoxy groups -OCH3 is 1. The van der Waals surface area contributed by atoms with E-state index in [-0.39, 0.29) is 0 Å². The van der Waals surface area contributed by atoms with E-state index in [9.17, 15) is 0 Å². The van der Waals surface area contributed by atoms with Crippen molar-refractivity contribution in [2.24, 2.45) is 0 Å². The summed E-state index contributed by atoms with van der Waals surface area (Å²) in [6.07, 6.45) is 5.05. The third kappa shape index (κ3) is 3.01. The molecule has 1 N–H and O–H groups in total. The van der Waals surface area contributed by atoms with Gasteiger partial charge in [-0.05, 0) is 62.4 Å². The minimum absolute atomic E-state index is 0.624. The van der Waals surface area contributed by atoms with Crippen LogP contribution < -0.4 is 10.1 Å². The molecule has 1 aliphatic rings. The molecular weight excluding hydrogens is 210 g/mol. The van der Waals surface area contributed by atoms with Crippen LogP contribution in [-0.4, -0.2) is 19.7 Å². The molecule has 1 fully saturated rings. The summed E-state index contributed by atoms with van der Waals surface area (Å²) in [5.41, 5.74) is 4.01. The van der Waals surface area contributed by atoms with Crippen molar-refractivity contribution in [2.75, 3.05) is 13.7 Å². The largest absolute Gasteiger partial charge is 0.496 e. The zero-order chi connectivity index (χ0) is 12.3. The van der Waals surface area contributed by atoms with Gasteiger partial charge >= 0.3 is 0 Å². The predicted octanol–water partition coefficient (Wildman–Crippen LogP) is 3.00. The minimum atomic E-state index is 0.624. The molecule has 1 atom stereocenters. The SMILES string of the molecule is COc1cc(C)cc(C)c1CC1CCCCN1. The highest BCUT2D eigenvalue weighted by Gasteiger charge is 2.16. The number of aryl methyl sites for hydroxylation is 2. The molecule has 2 heteroatoms. The molecule has 0 aliphatic carbocycles. The fourth-order valence-electron chi connectivity index (χ4n) is 2.75. The number of benzene rings is 1. The van der Waals surface area contributed by atoms with Crippen LogP contribution in [0.4, 0.5) is 0 Å². The van der Waals surface area contributed by atoms with Gasteiger partial charge in [0, 0.05) is 6.04 Å². The monoisotopic (exact) mass is 233 g/mol. The summed E-state index contributed by atoms with van der Waals surface area (Å²) in [4.78, 5) is 0. The van der Waals surface area contributed by atoms with E-state index in [0.717, 1.165) is 18.7 Å². The number of nitrogens with one attached hydrogen (secondary N) is 1. The first-order valence-electron chi connectivity index (χ1n) is 6.58. The average Bonchev–Trinajstić information content (AvgIpc) is 2.33. The highest BCUT2D eigenvalue weighted by Crippen LogP contribution is 2.26. The van der Waals surface area contributed by atoms with Crippen molar-refractivity contribution in [1.82, 2.24) is 5.32 Å². The summed E-state index contributed by atoms with van der Waals surface area (Å²) in [5.74, 6) is 1.05. The molecular formula is C15H23NO. The maximum absolute atomic E-state index is 5.52. The van der Waals surface area contributed by atoms with Crippen molar-refractivity contribution in [1.29, 1.82) is 0 Å². The van der Waals surface area contributed by atoms with Crippen LogP contribution in [0.1, 0.15) is 36.0 Å². The zero-order valence-electron chi connectivity index (χ0n) is 11.2. The van der Waals surface area contributed by atoms with E-state index in [4.69, 9.17) is 4.74 Å². The second-order valence-corrected chi connectivity index (χ2v) is 5.11. The smallest absolute Gasteiger partial charge is 0.122 e. The molecule has 2 nitrogen and oxygen atoms in total. The first-order chi connectivity index (χ1) is 8.20. The predicted molar refractivity (Wildman–Crippen MR) is 71.8 cm³/mol. The van der Waals surface area contributed by atoms with E-state index in [2.05, 4.69) is 31.3 Å². The second kappa shape index (κ2) is 5.54. The summed E-state index contributed by atoms with van der Waals surface area (Å²) < 4.78 is 5.52. The average molecular weight is 233 g/mol. The van der Waals surface area contributed by atoms with Crippen molar-refractivity contribution in [3.8, 4) is 5.75 Å². The Hall–Kier alpha value is -1.02. The maximum atomic E-state index is 5.52. The Morgan fingerprint density at radius 3 is 2.76 bits per heavy atom. The normalized spacial score (nSPS) is 20.3. The Morgan fingerprint density at radius 1 is 1.29 bits per heavy atom. The first kappa shape index (κ1) is 12.4. The van der Waals surface area contributed by atoms with Crippen molar-refractivity contribution in [3.63, 3.8) is 0 Å². The van der Waals surface area contributed by atoms with Crippen LogP contribution in [0.15, 0.2) is 12.1 Å². The van der Waals surface area contributed by atoms with Gasteiger partial charge in [-0.3, -0.25) is 0 Å². The lowest BCUT2D eigenvalue weighted by Crippen LogP contribution is -2.35. The van der Waals surface area contributed by atoms with Gasteiger partial charge in [-0.1, -0.05) is 12.5 Å². The summed E-state index contributed by atoms with van der Waals surface area (Å²) in [7, 11) is 1.77. The first-order valence-corrected chi connectivity index (χ1v) is 6.58. The number of ether oxygens (including phenoxy) is 1. The summed E-state index contributed by atoms with van der Waals surface area (Å²) >= 11 is 0. The summed E-state index contributed by atoms with van der Waals surface area (Å²) in [6, 6.07) is 5.02. The molecule has 0 saturated carbocycles. The van der Waals surface area contributed by atoms with E-state index in [1.54, 1.807) is 7.11 Å². The van der Waals surface area contributed by atoms with Crippen LogP contribution in [0.25, 0.3) is 0 Å². The van der Waals surface area contributed by atoms with E-state index >= 15 is 0 Å². The third-order valence-corrected chi connectivity index (χ3v) is 3.66. The second-order valence-electron chi connectivity index (χ2n) is 5.11. The Morgan fingerprint density at radius 2 is 2.12 bits per heavy atom. The third-order valence-electron chi connectivity index (χ3n) is 3.66. The van der Waals surface area contributed by atoms with Gasteiger partial charge in [0.15, 0.2) is 0 Å². The molecule has 1 aliphatic heterocycles. The lowest BCUT2D eigenvalue weighted by Gasteiger charge is -2.25. The Labute approximate surface area is 104 Å². The van der Waals surface area contributed by atoms with Crippen molar-refractivity contribution in [3.05, 3.63) is 28.8 Å². The molecule has 17 heavy (non-hydrogen) atoms. The molecule has 0 spiro atoms. The van der Waals surface area contributed by atoms with Crippen LogP contribution in [0.3, 0.4) is 0 Å². The molecule has 1 heterocycles. The lowest BCUT2D eigenvalue weighted by molar-refractivity contribution is 0.381. The Kier molecular flexibility index (Phi) is 4.06. The molecule has 0 aromatic heterocycles. The van der Waals surface area contributed by atoms with Crippen LogP contribution in [0, 0.1) is 13.8 Å². The highest BCUT2D eigenvalue weighted by atomic mass is 16.5. The molecule has 0 amide bonds. The van der Waals surface area contributed by atoms with E-state index in [0.29, 0.717) is 6.04 Å². The van der Waals surface area contributed by atoms with Gasteiger partial charge in [-0.25, -0.2) is 0 Å². The zero-order valence-corrected chi connectivity index (χ0v) is 11.2. The Balaban J connectivity index is 2.18. The molecule has 2 rings (SSSR count). The molecule has 1 aromatic carbocycles.